The Kier molecular flexibility index (Phi) is 9.26. The number of aromatic amines is 1. The van der Waals surface area contributed by atoms with Crippen LogP contribution in [0.3, 0.4) is 0 Å². The summed E-state index contributed by atoms with van der Waals surface area (Å²) in [6.07, 6.45) is 3.47. The number of nitrogens with one attached hydrogen (secondary N) is 4. The van der Waals surface area contributed by atoms with Gasteiger partial charge in [0.1, 0.15) is 18.1 Å². The number of H-pyrrole nitrogens is 1. The van der Waals surface area contributed by atoms with Crippen LogP contribution in [0.15, 0.2) is 12.5 Å². The summed E-state index contributed by atoms with van der Waals surface area (Å²) in [6.45, 7) is 6.57. The van der Waals surface area contributed by atoms with Crippen molar-refractivity contribution in [3.63, 3.8) is 0 Å². The summed E-state index contributed by atoms with van der Waals surface area (Å²) in [7, 11) is 0. The zero-order valence-electron chi connectivity index (χ0n) is 17.1. The molecule has 1 aromatic rings. The molecule has 0 aliphatic carbocycles. The lowest BCUT2D eigenvalue weighted by atomic mass is 9.97. The minimum atomic E-state index is -1.21. The molecule has 29 heavy (non-hydrogen) atoms. The van der Waals surface area contributed by atoms with Crippen LogP contribution in [0.2, 0.25) is 0 Å². The number of rotatable bonds is 11. The molecule has 0 aromatic carbocycles. The van der Waals surface area contributed by atoms with Crippen molar-refractivity contribution in [1.29, 1.82) is 0 Å². The molecule has 0 bridgehead atoms. The van der Waals surface area contributed by atoms with E-state index >= 15 is 0 Å². The van der Waals surface area contributed by atoms with Crippen LogP contribution >= 0.6 is 0 Å². The van der Waals surface area contributed by atoms with Gasteiger partial charge in [-0.05, 0) is 19.8 Å². The predicted molar refractivity (Wildman–Crippen MR) is 104 cm³/mol. The van der Waals surface area contributed by atoms with Crippen molar-refractivity contribution in [3.8, 4) is 0 Å². The van der Waals surface area contributed by atoms with E-state index in [2.05, 4.69) is 25.9 Å². The third-order valence-electron chi connectivity index (χ3n) is 4.55. The molecule has 0 aliphatic heterocycles. The molecule has 0 saturated heterocycles. The van der Waals surface area contributed by atoms with E-state index < -0.39 is 47.9 Å². The fourth-order valence-corrected chi connectivity index (χ4v) is 2.47. The van der Waals surface area contributed by atoms with Gasteiger partial charge in [-0.2, -0.15) is 0 Å². The van der Waals surface area contributed by atoms with Gasteiger partial charge in [-0.25, -0.2) is 9.78 Å². The van der Waals surface area contributed by atoms with Gasteiger partial charge >= 0.3 is 5.97 Å². The monoisotopic (exact) mass is 410 g/mol. The van der Waals surface area contributed by atoms with Gasteiger partial charge in [0.2, 0.25) is 17.7 Å². The lowest BCUT2D eigenvalue weighted by Gasteiger charge is -2.27. The van der Waals surface area contributed by atoms with Crippen LogP contribution in [-0.4, -0.2) is 62.9 Å². The normalized spacial score (nSPS) is 16.0. The number of aromatic nitrogens is 2. The largest absolute Gasteiger partial charge is 0.480 e. The topological polar surface area (TPSA) is 179 Å². The summed E-state index contributed by atoms with van der Waals surface area (Å²) >= 11 is 0. The fourth-order valence-electron chi connectivity index (χ4n) is 2.47. The fraction of sp³-hybridized carbons (Fsp3) is 0.611. The van der Waals surface area contributed by atoms with Crippen LogP contribution in [0.25, 0.3) is 0 Å². The lowest BCUT2D eigenvalue weighted by Crippen LogP contribution is -2.58. The Balaban J connectivity index is 2.84. The first kappa shape index (κ1) is 24.1. The minimum absolute atomic E-state index is 0.0170. The van der Waals surface area contributed by atoms with E-state index in [9.17, 15) is 24.3 Å². The Bertz CT molecular complexity index is 706. The van der Waals surface area contributed by atoms with E-state index in [4.69, 9.17) is 5.73 Å². The van der Waals surface area contributed by atoms with Crippen molar-refractivity contribution in [3.05, 3.63) is 18.2 Å². The van der Waals surface area contributed by atoms with Gasteiger partial charge < -0.3 is 31.8 Å². The Labute approximate surface area is 169 Å². The molecule has 1 aromatic heterocycles. The van der Waals surface area contributed by atoms with Crippen molar-refractivity contribution in [2.45, 2.75) is 64.7 Å². The van der Waals surface area contributed by atoms with Gasteiger partial charge in [-0.3, -0.25) is 14.4 Å². The molecular formula is C18H30N6O5. The van der Waals surface area contributed by atoms with E-state index in [0.717, 1.165) is 0 Å². The summed E-state index contributed by atoms with van der Waals surface area (Å²) in [5.41, 5.74) is 6.02. The first-order valence-electron chi connectivity index (χ1n) is 9.43. The summed E-state index contributed by atoms with van der Waals surface area (Å²) in [4.78, 5) is 55.0. The van der Waals surface area contributed by atoms with Crippen LogP contribution in [-0.2, 0) is 25.6 Å². The molecule has 0 fully saturated rings. The van der Waals surface area contributed by atoms with Gasteiger partial charge in [0.05, 0.1) is 12.4 Å². The SMILES string of the molecule is CCC(C)C(NC(=O)C(C)NC(=O)C(C)N)C(=O)NC(Cc1cnc[nH]1)C(=O)O. The van der Waals surface area contributed by atoms with Gasteiger partial charge in [0, 0.05) is 18.3 Å². The molecule has 11 nitrogen and oxygen atoms in total. The van der Waals surface area contributed by atoms with Crippen molar-refractivity contribution >= 4 is 23.7 Å². The molecule has 0 aliphatic rings. The summed E-state index contributed by atoms with van der Waals surface area (Å²) < 4.78 is 0. The number of carbonyl (C=O) groups excluding carboxylic acids is 3. The van der Waals surface area contributed by atoms with Crippen LogP contribution in [0.4, 0.5) is 0 Å². The third-order valence-corrected chi connectivity index (χ3v) is 4.55. The maximum absolute atomic E-state index is 12.8. The van der Waals surface area contributed by atoms with Crippen molar-refractivity contribution < 1.29 is 24.3 Å². The Morgan fingerprint density at radius 1 is 1.10 bits per heavy atom. The number of nitrogens with two attached hydrogens (primary N) is 1. The zero-order valence-corrected chi connectivity index (χ0v) is 17.1. The molecule has 11 heteroatoms. The molecule has 1 rings (SSSR count). The van der Waals surface area contributed by atoms with Crippen LogP contribution in [0.5, 0.6) is 0 Å². The number of amides is 3. The van der Waals surface area contributed by atoms with Crippen molar-refractivity contribution in [2.24, 2.45) is 11.7 Å². The Morgan fingerprint density at radius 3 is 2.24 bits per heavy atom. The highest BCUT2D eigenvalue weighted by Gasteiger charge is 2.31. The molecule has 7 N–H and O–H groups in total. The average Bonchev–Trinajstić information content (AvgIpc) is 3.17. The molecule has 0 spiro atoms. The minimum Gasteiger partial charge on any atom is -0.480 e. The first-order valence-corrected chi connectivity index (χ1v) is 9.43. The maximum atomic E-state index is 12.8. The average molecular weight is 410 g/mol. The third kappa shape index (κ3) is 7.53. The van der Waals surface area contributed by atoms with Crippen LogP contribution in [0.1, 0.15) is 39.8 Å². The van der Waals surface area contributed by atoms with Gasteiger partial charge in [0.25, 0.3) is 0 Å². The number of aliphatic carboxylic acids is 1. The van der Waals surface area contributed by atoms with Gasteiger partial charge in [-0.1, -0.05) is 20.3 Å². The lowest BCUT2D eigenvalue weighted by molar-refractivity contribution is -0.142. The van der Waals surface area contributed by atoms with Crippen LogP contribution < -0.4 is 21.7 Å². The predicted octanol–water partition coefficient (Wildman–Crippen LogP) is -1.10. The van der Waals surface area contributed by atoms with E-state index in [-0.39, 0.29) is 12.3 Å². The molecule has 162 valence electrons. The van der Waals surface area contributed by atoms with Gasteiger partial charge in [-0.15, -0.1) is 0 Å². The van der Waals surface area contributed by atoms with E-state index in [1.807, 2.05) is 6.92 Å². The first-order chi connectivity index (χ1) is 13.6. The second-order valence-electron chi connectivity index (χ2n) is 7.07. The molecule has 3 amide bonds. The van der Waals surface area contributed by atoms with Crippen molar-refractivity contribution in [2.75, 3.05) is 0 Å². The summed E-state index contributed by atoms with van der Waals surface area (Å²) in [5.74, 6) is -3.16. The van der Waals surface area contributed by atoms with E-state index in [1.54, 1.807) is 6.92 Å². The van der Waals surface area contributed by atoms with Gasteiger partial charge in [0.15, 0.2) is 0 Å². The number of hydrogen-bond acceptors (Lipinski definition) is 6. The Morgan fingerprint density at radius 2 is 1.76 bits per heavy atom. The number of carboxylic acid groups (broad SMARTS) is 1. The summed E-state index contributed by atoms with van der Waals surface area (Å²) in [6, 6.07) is -3.85. The van der Waals surface area contributed by atoms with Crippen molar-refractivity contribution in [1.82, 2.24) is 25.9 Å². The highest BCUT2D eigenvalue weighted by atomic mass is 16.4. The Hall–Kier alpha value is -2.95. The number of hydrogen-bond donors (Lipinski definition) is 6. The molecule has 5 unspecified atom stereocenters. The second kappa shape index (κ2) is 11.1. The second-order valence-corrected chi connectivity index (χ2v) is 7.07. The molecule has 0 radical (unpaired) electrons. The quantitative estimate of drug-likeness (QED) is 0.268. The summed E-state index contributed by atoms with van der Waals surface area (Å²) in [5, 5.41) is 16.9. The van der Waals surface area contributed by atoms with E-state index in [0.29, 0.717) is 12.1 Å². The maximum Gasteiger partial charge on any atom is 0.326 e. The van der Waals surface area contributed by atoms with Crippen LogP contribution in [0, 0.1) is 5.92 Å². The molecule has 0 saturated carbocycles. The highest BCUT2D eigenvalue weighted by Crippen LogP contribution is 2.10. The van der Waals surface area contributed by atoms with E-state index in [1.165, 1.54) is 26.4 Å². The zero-order chi connectivity index (χ0) is 22.1. The molecule has 5 atom stereocenters. The molecular weight excluding hydrogens is 380 g/mol. The molecule has 1 heterocycles. The smallest absolute Gasteiger partial charge is 0.326 e. The number of carboxylic acids is 1. The number of nitrogens with zero attached hydrogens (tertiary/aromatic N) is 1. The number of carbonyl (C=O) groups is 4. The standard InChI is InChI=1S/C18H30N6O5/c1-5-9(2)14(24-16(26)11(4)22-15(25)10(3)19)17(27)23-13(18(28)29)6-12-7-20-8-21-12/h7-11,13-14H,5-6,19H2,1-4H3,(H,20,21)(H,22,25)(H,23,27)(H,24,26)(H,28,29). The highest BCUT2D eigenvalue weighted by molar-refractivity contribution is 5.94. The number of imidazole rings is 1.